The number of aliphatic hydroxyl groups excluding tert-OH is 1. The van der Waals surface area contributed by atoms with Crippen LogP contribution in [0, 0.1) is 0 Å². The van der Waals surface area contributed by atoms with E-state index in [0.29, 0.717) is 28.6 Å². The van der Waals surface area contributed by atoms with E-state index >= 15 is 0 Å². The van der Waals surface area contributed by atoms with Gasteiger partial charge in [0.25, 0.3) is 0 Å². The fraction of sp³-hybridized carbons (Fsp3) is 0.261. The Kier molecular flexibility index (Phi) is 5.74. The molecule has 1 aromatic heterocycles. The fourth-order valence-electron chi connectivity index (χ4n) is 3.39. The summed E-state index contributed by atoms with van der Waals surface area (Å²) in [6.07, 6.45) is -0.853. The molecule has 0 spiro atoms. The zero-order valence-corrected chi connectivity index (χ0v) is 16.9. The van der Waals surface area contributed by atoms with E-state index in [-0.39, 0.29) is 0 Å². The number of nitrogens with zero attached hydrogens (tertiary/aromatic N) is 1. The van der Waals surface area contributed by atoms with Crippen LogP contribution in [0.1, 0.15) is 11.7 Å². The van der Waals surface area contributed by atoms with Crippen LogP contribution >= 0.6 is 0 Å². The van der Waals surface area contributed by atoms with Crippen molar-refractivity contribution in [3.05, 3.63) is 66.4 Å². The summed E-state index contributed by atoms with van der Waals surface area (Å²) in [5, 5.41) is 11.1. The van der Waals surface area contributed by atoms with Crippen molar-refractivity contribution in [1.29, 1.82) is 0 Å². The molecule has 156 valence electrons. The summed E-state index contributed by atoms with van der Waals surface area (Å²) < 4.78 is 27.9. The van der Waals surface area contributed by atoms with Crippen LogP contribution in [0.2, 0.25) is 0 Å². The molecule has 1 aliphatic rings. The number of benzene rings is 2. The van der Waals surface area contributed by atoms with Crippen molar-refractivity contribution in [3.8, 4) is 34.3 Å². The largest absolute Gasteiger partial charge is 0.497 e. The second-order valence-electron chi connectivity index (χ2n) is 6.76. The molecule has 2 aromatic carbocycles. The Morgan fingerprint density at radius 3 is 2.43 bits per heavy atom. The predicted molar refractivity (Wildman–Crippen MR) is 110 cm³/mol. The highest BCUT2D eigenvalue weighted by Gasteiger charge is 2.40. The van der Waals surface area contributed by atoms with Crippen LogP contribution in [0.5, 0.6) is 23.0 Å². The van der Waals surface area contributed by atoms with Crippen molar-refractivity contribution in [2.24, 2.45) is 0 Å². The molecule has 7 heteroatoms. The molecule has 1 N–H and O–H groups in total. The minimum atomic E-state index is -0.976. The summed E-state index contributed by atoms with van der Waals surface area (Å²) in [6, 6.07) is 16.3. The molecular weight excluding hydrogens is 386 g/mol. The molecule has 3 aromatic rings. The van der Waals surface area contributed by atoms with Crippen LogP contribution in [0.25, 0.3) is 11.3 Å². The number of ether oxygens (including phenoxy) is 5. The monoisotopic (exact) mass is 409 g/mol. The van der Waals surface area contributed by atoms with Crippen molar-refractivity contribution in [2.45, 2.75) is 18.5 Å². The highest BCUT2D eigenvalue weighted by molar-refractivity contribution is 5.64. The van der Waals surface area contributed by atoms with Crippen LogP contribution in [-0.2, 0) is 4.74 Å². The van der Waals surface area contributed by atoms with Crippen LogP contribution in [0.3, 0.4) is 0 Å². The second kappa shape index (κ2) is 8.61. The Hall–Kier alpha value is -3.29. The Bertz CT molecular complexity index is 1020. The van der Waals surface area contributed by atoms with Crippen LogP contribution in [-0.4, -0.2) is 43.8 Å². The first-order valence-electron chi connectivity index (χ1n) is 9.45. The van der Waals surface area contributed by atoms with Gasteiger partial charge < -0.3 is 28.8 Å². The summed E-state index contributed by atoms with van der Waals surface area (Å²) >= 11 is 0. The summed E-state index contributed by atoms with van der Waals surface area (Å²) in [4.78, 5) is 4.40. The average molecular weight is 409 g/mol. The summed E-state index contributed by atoms with van der Waals surface area (Å²) in [7, 11) is 4.70. The van der Waals surface area contributed by atoms with E-state index in [4.69, 9.17) is 23.7 Å². The maximum absolute atomic E-state index is 11.1. The predicted octanol–water partition coefficient (Wildman–Crippen LogP) is 3.61. The highest BCUT2D eigenvalue weighted by atomic mass is 16.7. The molecule has 4 rings (SSSR count). The van der Waals surface area contributed by atoms with E-state index in [1.807, 2.05) is 30.3 Å². The first kappa shape index (κ1) is 20.0. The van der Waals surface area contributed by atoms with Gasteiger partial charge in [-0.25, -0.2) is 0 Å². The van der Waals surface area contributed by atoms with Gasteiger partial charge in [-0.1, -0.05) is 6.07 Å². The Morgan fingerprint density at radius 1 is 0.900 bits per heavy atom. The van der Waals surface area contributed by atoms with Crippen molar-refractivity contribution in [3.63, 3.8) is 0 Å². The number of fused-ring (bicyclic) bond motifs is 1. The number of aliphatic hydroxyl groups is 1. The normalized spacial score (nSPS) is 20.1. The summed E-state index contributed by atoms with van der Waals surface area (Å²) in [5.41, 5.74) is 2.15. The molecule has 2 heterocycles. The third kappa shape index (κ3) is 3.90. The van der Waals surface area contributed by atoms with E-state index in [0.717, 1.165) is 11.3 Å². The maximum atomic E-state index is 11.1. The minimum Gasteiger partial charge on any atom is -0.497 e. The van der Waals surface area contributed by atoms with E-state index in [1.165, 1.54) is 7.11 Å². The quantitative estimate of drug-likeness (QED) is 0.666. The van der Waals surface area contributed by atoms with E-state index in [1.54, 1.807) is 44.7 Å². The number of methoxy groups -OCH3 is 3. The molecule has 0 aliphatic carbocycles. The van der Waals surface area contributed by atoms with Gasteiger partial charge in [-0.3, -0.25) is 4.98 Å². The zero-order valence-electron chi connectivity index (χ0n) is 16.9. The molecule has 1 unspecified atom stereocenters. The summed E-state index contributed by atoms with van der Waals surface area (Å²) in [5.74, 6) is 2.43. The van der Waals surface area contributed by atoms with E-state index in [9.17, 15) is 5.11 Å². The van der Waals surface area contributed by atoms with Crippen LogP contribution in [0.4, 0.5) is 0 Å². The Labute approximate surface area is 174 Å². The molecule has 0 radical (unpaired) electrons. The average Bonchev–Trinajstić information content (AvgIpc) is 2.80. The first-order chi connectivity index (χ1) is 14.6. The third-order valence-electron chi connectivity index (χ3n) is 4.96. The van der Waals surface area contributed by atoms with Gasteiger partial charge in [0.1, 0.15) is 29.1 Å². The lowest BCUT2D eigenvalue weighted by Gasteiger charge is -2.36. The summed E-state index contributed by atoms with van der Waals surface area (Å²) in [6.45, 7) is 0. The smallest absolute Gasteiger partial charge is 0.239 e. The molecule has 30 heavy (non-hydrogen) atoms. The minimum absolute atomic E-state index is 0.534. The van der Waals surface area contributed by atoms with Crippen LogP contribution < -0.4 is 18.9 Å². The maximum Gasteiger partial charge on any atom is 0.239 e. The number of rotatable bonds is 6. The topological polar surface area (TPSA) is 79.3 Å². The Balaban J connectivity index is 1.66. The molecule has 0 bridgehead atoms. The van der Waals surface area contributed by atoms with Crippen LogP contribution in [0.15, 0.2) is 60.8 Å². The highest BCUT2D eigenvalue weighted by Crippen LogP contribution is 2.39. The lowest BCUT2D eigenvalue weighted by molar-refractivity contribution is -0.165. The molecule has 3 atom stereocenters. The number of hydrogen-bond acceptors (Lipinski definition) is 7. The van der Waals surface area contributed by atoms with Gasteiger partial charge in [-0.05, 0) is 36.4 Å². The molecule has 7 nitrogen and oxygen atoms in total. The van der Waals surface area contributed by atoms with Gasteiger partial charge in [0.05, 0.1) is 19.9 Å². The van der Waals surface area contributed by atoms with Gasteiger partial charge in [0.15, 0.2) is 6.10 Å². The van der Waals surface area contributed by atoms with Gasteiger partial charge >= 0.3 is 0 Å². The van der Waals surface area contributed by atoms with Crippen molar-refractivity contribution < 1.29 is 28.8 Å². The Morgan fingerprint density at radius 2 is 1.67 bits per heavy atom. The molecule has 0 saturated carbocycles. The standard InChI is InChI=1S/C23H23NO6/c1-26-15-5-4-6-17(12-15)29-22-21(25)18-11-14(7-8-20(18)30-23(22)28-3)19-13-16(27-2)9-10-24-19/h4-13,21-23,25H,1-3H3/t21-,22?,23+/m0/s1. The zero-order chi connectivity index (χ0) is 21.1. The van der Waals surface area contributed by atoms with E-state index in [2.05, 4.69) is 4.98 Å². The second-order valence-corrected chi connectivity index (χ2v) is 6.76. The molecule has 0 fully saturated rings. The molecular formula is C23H23NO6. The lowest BCUT2D eigenvalue weighted by Crippen LogP contribution is -2.45. The van der Waals surface area contributed by atoms with Gasteiger partial charge in [-0.15, -0.1) is 0 Å². The van der Waals surface area contributed by atoms with Crippen molar-refractivity contribution in [1.82, 2.24) is 4.98 Å². The third-order valence-corrected chi connectivity index (χ3v) is 4.96. The molecule has 1 aliphatic heterocycles. The first-order valence-corrected chi connectivity index (χ1v) is 9.45. The number of hydrogen-bond donors (Lipinski definition) is 1. The van der Waals surface area contributed by atoms with Crippen molar-refractivity contribution in [2.75, 3.05) is 21.3 Å². The lowest BCUT2D eigenvalue weighted by atomic mass is 9.96. The molecule has 0 amide bonds. The van der Waals surface area contributed by atoms with Crippen molar-refractivity contribution >= 4 is 0 Å². The fourth-order valence-corrected chi connectivity index (χ4v) is 3.39. The van der Waals surface area contributed by atoms with Gasteiger partial charge in [0, 0.05) is 36.6 Å². The van der Waals surface area contributed by atoms with Gasteiger partial charge in [-0.2, -0.15) is 0 Å². The SMILES string of the molecule is COc1cccc(OC2[C@H](OC)Oc3ccc(-c4cc(OC)ccn4)cc3[C@@H]2O)c1. The molecule has 0 saturated heterocycles. The number of aromatic nitrogens is 1. The van der Waals surface area contributed by atoms with Gasteiger partial charge in [0.2, 0.25) is 6.29 Å². The number of pyridine rings is 1. The van der Waals surface area contributed by atoms with E-state index < -0.39 is 18.5 Å².